The summed E-state index contributed by atoms with van der Waals surface area (Å²) in [7, 11) is 1.52. The Hall–Kier alpha value is -1.02. The number of hydrogen-bond acceptors (Lipinski definition) is 2. The Kier molecular flexibility index (Phi) is 2.94. The first-order chi connectivity index (χ1) is 6.06. The molecule has 0 heterocycles. The van der Waals surface area contributed by atoms with E-state index in [2.05, 4.69) is 0 Å². The van der Waals surface area contributed by atoms with Gasteiger partial charge in [-0.3, -0.25) is 4.79 Å². The van der Waals surface area contributed by atoms with Crippen molar-refractivity contribution in [2.45, 2.75) is 13.8 Å². The van der Waals surface area contributed by atoms with Crippen molar-refractivity contribution in [2.24, 2.45) is 0 Å². The number of hydrogen-bond donors (Lipinski definition) is 0. The van der Waals surface area contributed by atoms with E-state index in [4.69, 9.17) is 16.3 Å². The fourth-order valence-corrected chi connectivity index (χ4v) is 1.26. The van der Waals surface area contributed by atoms with Gasteiger partial charge in [0.1, 0.15) is 5.75 Å². The van der Waals surface area contributed by atoms with Gasteiger partial charge in [0.15, 0.2) is 5.78 Å². The average molecular weight is 199 g/mol. The molecule has 1 aromatic rings. The summed E-state index contributed by atoms with van der Waals surface area (Å²) in [6.07, 6.45) is 0. The normalized spacial score (nSPS) is 9.85. The monoisotopic (exact) mass is 198 g/mol. The van der Waals surface area contributed by atoms with Gasteiger partial charge in [0.05, 0.1) is 12.7 Å². The van der Waals surface area contributed by atoms with Crippen LogP contribution >= 0.6 is 11.6 Å². The summed E-state index contributed by atoms with van der Waals surface area (Å²) in [4.78, 5) is 11.2. The molecule has 0 radical (unpaired) electrons. The molecule has 0 aliphatic carbocycles. The Morgan fingerprint density at radius 2 is 2.08 bits per heavy atom. The zero-order chi connectivity index (χ0) is 10.0. The molecule has 1 aromatic carbocycles. The lowest BCUT2D eigenvalue weighted by atomic mass is 10.1. The van der Waals surface area contributed by atoms with E-state index in [1.54, 1.807) is 12.1 Å². The number of methoxy groups -OCH3 is 1. The van der Waals surface area contributed by atoms with E-state index in [1.807, 2.05) is 6.92 Å². The summed E-state index contributed by atoms with van der Waals surface area (Å²) < 4.78 is 5.04. The summed E-state index contributed by atoms with van der Waals surface area (Å²) in [5.41, 5.74) is 1.46. The van der Waals surface area contributed by atoms with Crippen LogP contribution in [0.3, 0.4) is 0 Å². The number of rotatable bonds is 2. The van der Waals surface area contributed by atoms with Gasteiger partial charge in [0.25, 0.3) is 0 Å². The zero-order valence-electron chi connectivity index (χ0n) is 7.85. The minimum Gasteiger partial charge on any atom is -0.496 e. The minimum atomic E-state index is -0.0170. The van der Waals surface area contributed by atoms with Crippen molar-refractivity contribution >= 4 is 17.4 Å². The fraction of sp³-hybridized carbons (Fsp3) is 0.300. The number of Topliss-reactive ketones (excluding diaryl/α,β-unsaturated/α-hetero) is 1. The number of halogens is 1. The Labute approximate surface area is 82.5 Å². The lowest BCUT2D eigenvalue weighted by molar-refractivity contribution is 0.101. The van der Waals surface area contributed by atoms with Crippen molar-refractivity contribution in [1.29, 1.82) is 0 Å². The van der Waals surface area contributed by atoms with E-state index in [0.29, 0.717) is 16.3 Å². The molecule has 0 saturated heterocycles. The molecule has 2 nitrogen and oxygen atoms in total. The summed E-state index contributed by atoms with van der Waals surface area (Å²) in [6, 6.07) is 3.40. The second kappa shape index (κ2) is 3.79. The Morgan fingerprint density at radius 1 is 1.46 bits per heavy atom. The number of carbonyl (C=O) groups excluding carboxylic acids is 1. The van der Waals surface area contributed by atoms with Crippen molar-refractivity contribution in [3.05, 3.63) is 28.3 Å². The van der Waals surface area contributed by atoms with Gasteiger partial charge >= 0.3 is 0 Å². The zero-order valence-corrected chi connectivity index (χ0v) is 8.61. The van der Waals surface area contributed by atoms with Crippen molar-refractivity contribution in [1.82, 2.24) is 0 Å². The molecule has 0 bridgehead atoms. The lowest BCUT2D eigenvalue weighted by Gasteiger charge is -2.07. The van der Waals surface area contributed by atoms with E-state index >= 15 is 0 Å². The topological polar surface area (TPSA) is 26.3 Å². The molecule has 1 rings (SSSR count). The number of ether oxygens (including phenoxy) is 1. The molecule has 0 N–H and O–H groups in total. The average Bonchev–Trinajstić information content (AvgIpc) is 2.08. The highest BCUT2D eigenvalue weighted by molar-refractivity contribution is 6.31. The Morgan fingerprint density at radius 3 is 2.54 bits per heavy atom. The second-order valence-electron chi connectivity index (χ2n) is 2.86. The molecule has 0 aliphatic rings. The predicted molar refractivity (Wildman–Crippen MR) is 52.7 cm³/mol. The first-order valence-corrected chi connectivity index (χ1v) is 4.29. The summed E-state index contributed by atoms with van der Waals surface area (Å²) >= 11 is 5.88. The maximum atomic E-state index is 11.2. The van der Waals surface area contributed by atoms with Crippen LogP contribution in [0.1, 0.15) is 22.8 Å². The molecule has 70 valence electrons. The standard InChI is InChI=1S/C10H11ClO2/c1-6-4-8(7(2)12)10(13-3)5-9(6)11/h4-5H,1-3H3. The lowest BCUT2D eigenvalue weighted by Crippen LogP contribution is -1.98. The van der Waals surface area contributed by atoms with Crippen LogP contribution in [0.2, 0.25) is 5.02 Å². The molecule has 13 heavy (non-hydrogen) atoms. The molecule has 0 atom stereocenters. The van der Waals surface area contributed by atoms with Gasteiger partial charge in [0, 0.05) is 5.02 Å². The Bertz CT molecular complexity index is 345. The molecule has 0 aliphatic heterocycles. The molecular formula is C10H11ClO2. The van der Waals surface area contributed by atoms with Gasteiger partial charge in [-0.1, -0.05) is 11.6 Å². The molecule has 0 amide bonds. The maximum absolute atomic E-state index is 11.2. The van der Waals surface area contributed by atoms with E-state index in [9.17, 15) is 4.79 Å². The number of aryl methyl sites for hydroxylation is 1. The first-order valence-electron chi connectivity index (χ1n) is 3.91. The van der Waals surface area contributed by atoms with E-state index in [-0.39, 0.29) is 5.78 Å². The summed E-state index contributed by atoms with van der Waals surface area (Å²) in [5.74, 6) is 0.514. The van der Waals surface area contributed by atoms with Crippen molar-refractivity contribution in [3.63, 3.8) is 0 Å². The third-order valence-corrected chi connectivity index (χ3v) is 2.27. The van der Waals surface area contributed by atoms with Crippen LogP contribution in [0.5, 0.6) is 5.75 Å². The van der Waals surface area contributed by atoms with Crippen LogP contribution in [0.15, 0.2) is 12.1 Å². The van der Waals surface area contributed by atoms with Gasteiger partial charge in [-0.25, -0.2) is 0 Å². The fourth-order valence-electron chi connectivity index (χ4n) is 1.11. The number of carbonyl (C=O) groups is 1. The van der Waals surface area contributed by atoms with Crippen LogP contribution in [0.4, 0.5) is 0 Å². The molecule has 0 saturated carbocycles. The smallest absolute Gasteiger partial charge is 0.163 e. The highest BCUT2D eigenvalue weighted by atomic mass is 35.5. The third kappa shape index (κ3) is 2.01. The van der Waals surface area contributed by atoms with Crippen LogP contribution in [0, 0.1) is 6.92 Å². The Balaban J connectivity index is 3.33. The first kappa shape index (κ1) is 10.1. The molecule has 0 spiro atoms. The second-order valence-corrected chi connectivity index (χ2v) is 3.27. The molecule has 0 unspecified atom stereocenters. The van der Waals surface area contributed by atoms with Gasteiger partial charge in [-0.2, -0.15) is 0 Å². The molecule has 0 aromatic heterocycles. The maximum Gasteiger partial charge on any atom is 0.163 e. The van der Waals surface area contributed by atoms with Crippen molar-refractivity contribution in [2.75, 3.05) is 7.11 Å². The highest BCUT2D eigenvalue weighted by Crippen LogP contribution is 2.26. The molecular weight excluding hydrogens is 188 g/mol. The highest BCUT2D eigenvalue weighted by Gasteiger charge is 2.10. The number of ketones is 1. The van der Waals surface area contributed by atoms with E-state index in [0.717, 1.165) is 5.56 Å². The van der Waals surface area contributed by atoms with Crippen molar-refractivity contribution < 1.29 is 9.53 Å². The van der Waals surface area contributed by atoms with Gasteiger partial charge < -0.3 is 4.74 Å². The van der Waals surface area contributed by atoms with Gasteiger partial charge in [0.2, 0.25) is 0 Å². The SMILES string of the molecule is COc1cc(Cl)c(C)cc1C(C)=O. The van der Waals surface area contributed by atoms with Crippen LogP contribution in [-0.4, -0.2) is 12.9 Å². The molecule has 0 fully saturated rings. The summed E-state index contributed by atoms with van der Waals surface area (Å²) in [5, 5.41) is 0.613. The minimum absolute atomic E-state index is 0.0170. The van der Waals surface area contributed by atoms with Crippen LogP contribution in [-0.2, 0) is 0 Å². The van der Waals surface area contributed by atoms with Crippen molar-refractivity contribution in [3.8, 4) is 5.75 Å². The quantitative estimate of drug-likeness (QED) is 0.684. The van der Waals surface area contributed by atoms with Crippen LogP contribution < -0.4 is 4.74 Å². The van der Waals surface area contributed by atoms with Crippen LogP contribution in [0.25, 0.3) is 0 Å². The summed E-state index contributed by atoms with van der Waals surface area (Å²) in [6.45, 7) is 3.36. The third-order valence-electron chi connectivity index (χ3n) is 1.86. The van der Waals surface area contributed by atoms with E-state index < -0.39 is 0 Å². The van der Waals surface area contributed by atoms with Gasteiger partial charge in [-0.15, -0.1) is 0 Å². The molecule has 3 heteroatoms. The number of benzene rings is 1. The van der Waals surface area contributed by atoms with Gasteiger partial charge in [-0.05, 0) is 31.5 Å². The largest absolute Gasteiger partial charge is 0.496 e. The van der Waals surface area contributed by atoms with E-state index in [1.165, 1.54) is 14.0 Å². The predicted octanol–water partition coefficient (Wildman–Crippen LogP) is 2.86.